The van der Waals surface area contributed by atoms with E-state index in [0.717, 1.165) is 22.0 Å². The molecule has 0 spiro atoms. The van der Waals surface area contributed by atoms with Gasteiger partial charge in [0.05, 0.1) is 15.1 Å². The third-order valence-corrected chi connectivity index (χ3v) is 6.12. The number of carbonyl (C=O) groups excluding carboxylic acids is 1. The number of rotatable bonds is 6. The van der Waals surface area contributed by atoms with E-state index in [2.05, 4.69) is 11.6 Å². The van der Waals surface area contributed by atoms with Crippen molar-refractivity contribution in [3.05, 3.63) is 65.5 Å². The highest BCUT2D eigenvalue weighted by Crippen LogP contribution is 2.22. The third-order valence-electron chi connectivity index (χ3n) is 3.97. The number of aryl methyl sites for hydroxylation is 1. The van der Waals surface area contributed by atoms with E-state index in [1.54, 1.807) is 30.3 Å². The summed E-state index contributed by atoms with van der Waals surface area (Å²) in [5.41, 5.74) is 1.83. The predicted molar refractivity (Wildman–Crippen MR) is 110 cm³/mol. The van der Waals surface area contributed by atoms with Crippen LogP contribution in [0.15, 0.2) is 65.0 Å². The highest BCUT2D eigenvalue weighted by molar-refractivity contribution is 7.90. The molecule has 1 amide bonds. The van der Waals surface area contributed by atoms with Crippen LogP contribution in [-0.4, -0.2) is 31.8 Å². The Bertz CT molecular complexity index is 1220. The van der Waals surface area contributed by atoms with Crippen LogP contribution in [-0.2, 0) is 21.2 Å². The van der Waals surface area contributed by atoms with Crippen LogP contribution in [0.5, 0.6) is 5.75 Å². The van der Waals surface area contributed by atoms with Crippen LogP contribution >= 0.6 is 11.3 Å². The van der Waals surface area contributed by atoms with Crippen LogP contribution in [0.25, 0.3) is 10.2 Å². The largest absolute Gasteiger partial charge is 0.484 e. The van der Waals surface area contributed by atoms with Crippen molar-refractivity contribution in [2.24, 2.45) is 4.99 Å². The number of aromatic nitrogens is 1. The van der Waals surface area contributed by atoms with Gasteiger partial charge in [-0.25, -0.2) is 8.42 Å². The minimum Gasteiger partial charge on any atom is -0.484 e. The van der Waals surface area contributed by atoms with Gasteiger partial charge in [-0.3, -0.25) is 4.79 Å². The van der Waals surface area contributed by atoms with Gasteiger partial charge in [-0.2, -0.15) is 4.99 Å². The van der Waals surface area contributed by atoms with Gasteiger partial charge >= 0.3 is 0 Å². The molecule has 0 aliphatic carbocycles. The fourth-order valence-electron chi connectivity index (χ4n) is 2.66. The molecule has 28 heavy (non-hydrogen) atoms. The highest BCUT2D eigenvalue weighted by Gasteiger charge is 2.12. The van der Waals surface area contributed by atoms with E-state index in [1.807, 2.05) is 29.7 Å². The Balaban J connectivity index is 1.94. The molecule has 2 aromatic carbocycles. The van der Waals surface area contributed by atoms with Crippen molar-refractivity contribution in [1.29, 1.82) is 0 Å². The van der Waals surface area contributed by atoms with Gasteiger partial charge in [0.25, 0.3) is 5.91 Å². The number of sulfone groups is 1. The van der Waals surface area contributed by atoms with Crippen LogP contribution in [0, 0.1) is 6.92 Å². The third kappa shape index (κ3) is 4.58. The molecular weight excluding hydrogens is 396 g/mol. The summed E-state index contributed by atoms with van der Waals surface area (Å²) >= 11 is 1.25. The first-order valence-electron chi connectivity index (χ1n) is 8.49. The topological polar surface area (TPSA) is 77.7 Å². The van der Waals surface area contributed by atoms with Gasteiger partial charge < -0.3 is 9.30 Å². The fourth-order valence-corrected chi connectivity index (χ4v) is 4.48. The highest BCUT2D eigenvalue weighted by atomic mass is 32.2. The van der Waals surface area contributed by atoms with Crippen molar-refractivity contribution in [2.75, 3.05) is 12.9 Å². The second kappa shape index (κ2) is 8.12. The van der Waals surface area contributed by atoms with E-state index in [4.69, 9.17) is 4.74 Å². The van der Waals surface area contributed by atoms with Crippen molar-refractivity contribution in [2.45, 2.75) is 18.4 Å². The monoisotopic (exact) mass is 416 g/mol. The van der Waals surface area contributed by atoms with Gasteiger partial charge in [-0.1, -0.05) is 29.5 Å². The molecule has 0 atom stereocenters. The molecule has 0 N–H and O–H groups in total. The zero-order chi connectivity index (χ0) is 20.3. The lowest BCUT2D eigenvalue weighted by atomic mass is 10.2. The molecule has 6 nitrogen and oxygen atoms in total. The minimum absolute atomic E-state index is 0.180. The van der Waals surface area contributed by atoms with Crippen molar-refractivity contribution in [3.8, 4) is 5.75 Å². The maximum absolute atomic E-state index is 12.3. The molecule has 0 aliphatic heterocycles. The molecule has 0 fully saturated rings. The van der Waals surface area contributed by atoms with Gasteiger partial charge in [-0.05, 0) is 42.8 Å². The van der Waals surface area contributed by atoms with E-state index in [-0.39, 0.29) is 11.5 Å². The molecule has 3 rings (SSSR count). The lowest BCUT2D eigenvalue weighted by Gasteiger charge is -2.04. The standard InChI is InChI=1S/C20H20N2O4S2/c1-4-10-22-17-9-8-16(28(3,24)25)12-18(17)27-20(22)21-19(23)13-26-15-7-5-6-14(2)11-15/h4-9,11-12H,1,10,13H2,2-3H3. The van der Waals surface area contributed by atoms with Gasteiger partial charge in [0.15, 0.2) is 21.2 Å². The van der Waals surface area contributed by atoms with E-state index in [1.165, 1.54) is 11.3 Å². The summed E-state index contributed by atoms with van der Waals surface area (Å²) in [6.45, 7) is 5.95. The number of thiazole rings is 1. The van der Waals surface area contributed by atoms with E-state index in [0.29, 0.717) is 17.1 Å². The quantitative estimate of drug-likeness (QED) is 0.579. The SMILES string of the molecule is C=CCn1c(=NC(=O)COc2cccc(C)c2)sc2cc(S(C)(=O)=O)ccc21. The number of benzene rings is 2. The summed E-state index contributed by atoms with van der Waals surface area (Å²) in [5, 5.41) is 0. The number of carbonyl (C=O) groups is 1. The molecule has 1 heterocycles. The van der Waals surface area contributed by atoms with Gasteiger partial charge in [0, 0.05) is 12.8 Å². The number of ether oxygens (including phenoxy) is 1. The van der Waals surface area contributed by atoms with Crippen molar-refractivity contribution in [1.82, 2.24) is 4.57 Å². The van der Waals surface area contributed by atoms with Crippen molar-refractivity contribution in [3.63, 3.8) is 0 Å². The molecule has 0 aliphatic rings. The second-order valence-electron chi connectivity index (χ2n) is 6.30. The fraction of sp³-hybridized carbons (Fsp3) is 0.200. The Hall–Kier alpha value is -2.71. The number of allylic oxidation sites excluding steroid dienone is 1. The first-order chi connectivity index (χ1) is 13.3. The van der Waals surface area contributed by atoms with Crippen molar-refractivity contribution >= 4 is 37.3 Å². The Labute approximate surface area is 167 Å². The summed E-state index contributed by atoms with van der Waals surface area (Å²) in [6.07, 6.45) is 2.86. The molecule has 8 heteroatoms. The molecule has 0 radical (unpaired) electrons. The van der Waals surface area contributed by atoms with Gasteiger partial charge in [-0.15, -0.1) is 6.58 Å². The lowest BCUT2D eigenvalue weighted by molar-refractivity contribution is -0.120. The summed E-state index contributed by atoms with van der Waals surface area (Å²) in [6, 6.07) is 12.3. The summed E-state index contributed by atoms with van der Waals surface area (Å²) in [4.78, 5) is 17.2. The number of nitrogens with zero attached hydrogens (tertiary/aromatic N) is 2. The Morgan fingerprint density at radius 2 is 2.07 bits per heavy atom. The smallest absolute Gasteiger partial charge is 0.286 e. The molecule has 146 valence electrons. The zero-order valence-electron chi connectivity index (χ0n) is 15.6. The molecule has 0 saturated carbocycles. The molecule has 0 unspecified atom stereocenters. The Kier molecular flexibility index (Phi) is 5.81. The maximum Gasteiger partial charge on any atom is 0.286 e. The Morgan fingerprint density at radius 1 is 1.29 bits per heavy atom. The van der Waals surface area contributed by atoms with Crippen LogP contribution in [0.2, 0.25) is 0 Å². The van der Waals surface area contributed by atoms with Crippen LogP contribution in [0.1, 0.15) is 5.56 Å². The van der Waals surface area contributed by atoms with E-state index >= 15 is 0 Å². The minimum atomic E-state index is -3.32. The summed E-state index contributed by atoms with van der Waals surface area (Å²) in [7, 11) is -3.32. The predicted octanol–water partition coefficient (Wildman–Crippen LogP) is 3.11. The summed E-state index contributed by atoms with van der Waals surface area (Å²) in [5.74, 6) is 0.186. The van der Waals surface area contributed by atoms with E-state index in [9.17, 15) is 13.2 Å². The van der Waals surface area contributed by atoms with Crippen LogP contribution < -0.4 is 9.54 Å². The normalized spacial score (nSPS) is 12.3. The Morgan fingerprint density at radius 3 is 2.75 bits per heavy atom. The lowest BCUT2D eigenvalue weighted by Crippen LogP contribution is -2.19. The molecule has 1 aromatic heterocycles. The molecular formula is C20H20N2O4S2. The average molecular weight is 417 g/mol. The van der Waals surface area contributed by atoms with Gasteiger partial charge in [0.2, 0.25) is 0 Å². The van der Waals surface area contributed by atoms with Crippen LogP contribution in [0.3, 0.4) is 0 Å². The number of hydrogen-bond acceptors (Lipinski definition) is 5. The molecule has 0 saturated heterocycles. The first-order valence-corrected chi connectivity index (χ1v) is 11.2. The van der Waals surface area contributed by atoms with Crippen molar-refractivity contribution < 1.29 is 17.9 Å². The number of fused-ring (bicyclic) bond motifs is 1. The zero-order valence-corrected chi connectivity index (χ0v) is 17.2. The first kappa shape index (κ1) is 20.0. The molecule has 3 aromatic rings. The van der Waals surface area contributed by atoms with E-state index < -0.39 is 15.7 Å². The average Bonchev–Trinajstić information content (AvgIpc) is 2.96. The van der Waals surface area contributed by atoms with Crippen LogP contribution in [0.4, 0.5) is 0 Å². The molecule has 0 bridgehead atoms. The number of hydrogen-bond donors (Lipinski definition) is 0. The second-order valence-corrected chi connectivity index (χ2v) is 9.32. The maximum atomic E-state index is 12.3. The van der Waals surface area contributed by atoms with Gasteiger partial charge in [0.1, 0.15) is 5.75 Å². The number of amides is 1. The summed E-state index contributed by atoms with van der Waals surface area (Å²) < 4.78 is 31.7.